The van der Waals surface area contributed by atoms with Gasteiger partial charge in [-0.05, 0) is 35.7 Å². The normalized spacial score (nSPS) is 21.2. The van der Waals surface area contributed by atoms with Crippen LogP contribution in [0.25, 0.3) is 0 Å². The van der Waals surface area contributed by atoms with Gasteiger partial charge in [0, 0.05) is 6.54 Å². The van der Waals surface area contributed by atoms with E-state index in [0.717, 1.165) is 17.3 Å². The standard InChI is InChI=1S/C11H17BrN2O2/c1-2-14-9(8(12)7-13-14)10(15)11(16)5-3-4-6-11/h7,10,15-16H,2-6H2,1H3. The van der Waals surface area contributed by atoms with Crippen LogP contribution >= 0.6 is 15.9 Å². The van der Waals surface area contributed by atoms with Gasteiger partial charge in [-0.25, -0.2) is 0 Å². The first-order valence-electron chi connectivity index (χ1n) is 5.70. The van der Waals surface area contributed by atoms with Crippen molar-refractivity contribution in [3.8, 4) is 0 Å². The molecule has 1 saturated carbocycles. The van der Waals surface area contributed by atoms with Crippen molar-refractivity contribution in [3.63, 3.8) is 0 Å². The summed E-state index contributed by atoms with van der Waals surface area (Å²) in [6, 6.07) is 0. The number of aryl methyl sites for hydroxylation is 1. The molecule has 5 heteroatoms. The molecule has 1 atom stereocenters. The van der Waals surface area contributed by atoms with Gasteiger partial charge in [0.05, 0.1) is 22.0 Å². The van der Waals surface area contributed by atoms with Crippen LogP contribution in [-0.2, 0) is 6.54 Å². The van der Waals surface area contributed by atoms with Crippen LogP contribution in [-0.4, -0.2) is 25.6 Å². The molecule has 0 aliphatic heterocycles. The Labute approximate surface area is 103 Å². The number of aliphatic hydroxyl groups excluding tert-OH is 1. The third-order valence-corrected chi connectivity index (χ3v) is 3.98. The zero-order chi connectivity index (χ0) is 11.8. The number of aliphatic hydroxyl groups is 2. The molecule has 1 unspecified atom stereocenters. The molecule has 1 heterocycles. The second kappa shape index (κ2) is 4.47. The van der Waals surface area contributed by atoms with Crippen LogP contribution < -0.4 is 0 Å². The van der Waals surface area contributed by atoms with Gasteiger partial charge in [-0.15, -0.1) is 0 Å². The molecule has 0 amide bonds. The third kappa shape index (κ3) is 1.92. The first kappa shape index (κ1) is 12.1. The topological polar surface area (TPSA) is 58.3 Å². The number of hydrogen-bond acceptors (Lipinski definition) is 3. The summed E-state index contributed by atoms with van der Waals surface area (Å²) < 4.78 is 2.49. The summed E-state index contributed by atoms with van der Waals surface area (Å²) in [6.07, 6.45) is 4.09. The lowest BCUT2D eigenvalue weighted by atomic mass is 9.92. The van der Waals surface area contributed by atoms with Crippen LogP contribution in [0.4, 0.5) is 0 Å². The average Bonchev–Trinajstić information content (AvgIpc) is 2.85. The van der Waals surface area contributed by atoms with E-state index in [9.17, 15) is 10.2 Å². The summed E-state index contributed by atoms with van der Waals surface area (Å²) in [5, 5.41) is 24.8. The number of nitrogens with zero attached hydrogens (tertiary/aromatic N) is 2. The van der Waals surface area contributed by atoms with Crippen LogP contribution in [0, 0.1) is 0 Å². The maximum atomic E-state index is 10.4. The highest BCUT2D eigenvalue weighted by atomic mass is 79.9. The van der Waals surface area contributed by atoms with Crippen LogP contribution in [0.1, 0.15) is 44.4 Å². The number of halogens is 1. The first-order chi connectivity index (χ1) is 7.58. The fraction of sp³-hybridized carbons (Fsp3) is 0.727. The zero-order valence-corrected chi connectivity index (χ0v) is 10.9. The van der Waals surface area contributed by atoms with Gasteiger partial charge >= 0.3 is 0 Å². The summed E-state index contributed by atoms with van der Waals surface area (Å²) in [5.41, 5.74) is -0.290. The van der Waals surface area contributed by atoms with E-state index in [1.165, 1.54) is 0 Å². The lowest BCUT2D eigenvalue weighted by Crippen LogP contribution is -2.34. The van der Waals surface area contributed by atoms with E-state index in [2.05, 4.69) is 21.0 Å². The molecule has 0 bridgehead atoms. The Hall–Kier alpha value is -0.390. The number of hydrogen-bond donors (Lipinski definition) is 2. The van der Waals surface area contributed by atoms with Crippen molar-refractivity contribution in [2.75, 3.05) is 0 Å². The third-order valence-electron chi connectivity index (χ3n) is 3.37. The van der Waals surface area contributed by atoms with Gasteiger partial charge in [0.2, 0.25) is 0 Å². The van der Waals surface area contributed by atoms with Gasteiger partial charge in [0.15, 0.2) is 0 Å². The van der Waals surface area contributed by atoms with Gasteiger partial charge in [-0.3, -0.25) is 4.68 Å². The van der Waals surface area contributed by atoms with E-state index < -0.39 is 11.7 Å². The maximum absolute atomic E-state index is 10.4. The predicted molar refractivity (Wildman–Crippen MR) is 64.0 cm³/mol. The van der Waals surface area contributed by atoms with Gasteiger partial charge in [-0.2, -0.15) is 5.10 Å². The lowest BCUT2D eigenvalue weighted by Gasteiger charge is -2.29. The molecule has 0 saturated heterocycles. The molecule has 1 aliphatic carbocycles. The highest BCUT2D eigenvalue weighted by Crippen LogP contribution is 2.41. The van der Waals surface area contributed by atoms with Crippen molar-refractivity contribution in [1.82, 2.24) is 9.78 Å². The molecule has 0 spiro atoms. The Kier molecular flexibility index (Phi) is 3.37. The Bertz CT molecular complexity index is 372. The summed E-state index contributed by atoms with van der Waals surface area (Å²) in [6.45, 7) is 2.66. The van der Waals surface area contributed by atoms with Crippen molar-refractivity contribution in [3.05, 3.63) is 16.4 Å². The molecule has 2 rings (SSSR count). The minimum Gasteiger partial charge on any atom is -0.387 e. The van der Waals surface area contributed by atoms with Gasteiger partial charge < -0.3 is 10.2 Å². The summed E-state index contributed by atoms with van der Waals surface area (Å²) in [7, 11) is 0. The summed E-state index contributed by atoms with van der Waals surface area (Å²) >= 11 is 3.38. The minimum absolute atomic E-state index is 0.662. The molecule has 1 aliphatic rings. The second-order valence-corrected chi connectivity index (χ2v) is 5.26. The van der Waals surface area contributed by atoms with Crippen LogP contribution in [0.3, 0.4) is 0 Å². The minimum atomic E-state index is -0.977. The van der Waals surface area contributed by atoms with E-state index in [1.54, 1.807) is 10.9 Å². The number of rotatable bonds is 3. The molecule has 1 aromatic heterocycles. The van der Waals surface area contributed by atoms with Crippen molar-refractivity contribution in [2.45, 2.75) is 50.9 Å². The Balaban J connectivity index is 2.32. The molecule has 4 nitrogen and oxygen atoms in total. The summed E-state index contributed by atoms with van der Waals surface area (Å²) in [4.78, 5) is 0. The molecule has 1 fully saturated rings. The SMILES string of the molecule is CCn1ncc(Br)c1C(O)C1(O)CCCC1. The van der Waals surface area contributed by atoms with E-state index in [-0.39, 0.29) is 0 Å². The van der Waals surface area contributed by atoms with E-state index in [0.29, 0.717) is 25.1 Å². The lowest BCUT2D eigenvalue weighted by molar-refractivity contribution is -0.0759. The molecule has 90 valence electrons. The molecule has 0 aromatic carbocycles. The van der Waals surface area contributed by atoms with Crippen molar-refractivity contribution in [1.29, 1.82) is 0 Å². The van der Waals surface area contributed by atoms with Crippen molar-refractivity contribution in [2.24, 2.45) is 0 Å². The predicted octanol–water partition coefficient (Wildman–Crippen LogP) is 2.00. The fourth-order valence-corrected chi connectivity index (χ4v) is 2.92. The zero-order valence-electron chi connectivity index (χ0n) is 9.36. The van der Waals surface area contributed by atoms with Crippen molar-refractivity contribution >= 4 is 15.9 Å². The van der Waals surface area contributed by atoms with Gasteiger partial charge in [0.1, 0.15) is 6.10 Å². The van der Waals surface area contributed by atoms with Crippen LogP contribution in [0.15, 0.2) is 10.7 Å². The molecule has 16 heavy (non-hydrogen) atoms. The molecule has 1 aromatic rings. The molecular weight excluding hydrogens is 272 g/mol. The maximum Gasteiger partial charge on any atom is 0.125 e. The van der Waals surface area contributed by atoms with E-state index >= 15 is 0 Å². The Morgan fingerprint density at radius 2 is 2.19 bits per heavy atom. The molecular formula is C11H17BrN2O2. The van der Waals surface area contributed by atoms with Gasteiger partial charge in [0.25, 0.3) is 0 Å². The van der Waals surface area contributed by atoms with Crippen LogP contribution in [0.5, 0.6) is 0 Å². The quantitative estimate of drug-likeness (QED) is 0.895. The molecule has 0 radical (unpaired) electrons. The number of aromatic nitrogens is 2. The Morgan fingerprint density at radius 3 is 2.75 bits per heavy atom. The average molecular weight is 289 g/mol. The first-order valence-corrected chi connectivity index (χ1v) is 6.49. The molecule has 2 N–H and O–H groups in total. The highest BCUT2D eigenvalue weighted by molar-refractivity contribution is 9.10. The summed E-state index contributed by atoms with van der Waals surface area (Å²) in [5.74, 6) is 0. The fourth-order valence-electron chi connectivity index (χ4n) is 2.41. The Morgan fingerprint density at radius 1 is 1.56 bits per heavy atom. The van der Waals surface area contributed by atoms with Crippen LogP contribution in [0.2, 0.25) is 0 Å². The van der Waals surface area contributed by atoms with Crippen molar-refractivity contribution < 1.29 is 10.2 Å². The van der Waals surface area contributed by atoms with E-state index in [1.807, 2.05) is 6.92 Å². The monoisotopic (exact) mass is 288 g/mol. The van der Waals surface area contributed by atoms with Gasteiger partial charge in [-0.1, -0.05) is 12.8 Å². The smallest absolute Gasteiger partial charge is 0.125 e. The largest absolute Gasteiger partial charge is 0.387 e. The second-order valence-electron chi connectivity index (χ2n) is 4.41. The highest BCUT2D eigenvalue weighted by Gasteiger charge is 2.41. The van der Waals surface area contributed by atoms with E-state index in [4.69, 9.17) is 0 Å².